The van der Waals surface area contributed by atoms with Gasteiger partial charge < -0.3 is 14.7 Å². The van der Waals surface area contributed by atoms with Gasteiger partial charge in [-0.3, -0.25) is 9.59 Å². The van der Waals surface area contributed by atoms with E-state index in [1.54, 1.807) is 18.3 Å². The molecule has 0 aromatic carbocycles. The maximum atomic E-state index is 12.4. The van der Waals surface area contributed by atoms with Crippen LogP contribution in [0.25, 0.3) is 0 Å². The van der Waals surface area contributed by atoms with Crippen LogP contribution < -0.4 is 0 Å². The number of likely N-dealkylation sites (tertiary alicyclic amines) is 1. The Morgan fingerprint density at radius 2 is 2.00 bits per heavy atom. The summed E-state index contributed by atoms with van der Waals surface area (Å²) in [5.74, 6) is -0.993. The maximum absolute atomic E-state index is 12.4. The molecule has 1 amide bonds. The van der Waals surface area contributed by atoms with E-state index in [9.17, 15) is 19.5 Å². The lowest BCUT2D eigenvalue weighted by Crippen LogP contribution is -2.42. The number of piperidine rings is 1. The van der Waals surface area contributed by atoms with E-state index in [-0.39, 0.29) is 36.2 Å². The molecule has 1 aromatic heterocycles. The fourth-order valence-corrected chi connectivity index (χ4v) is 4.38. The lowest BCUT2D eigenvalue weighted by molar-refractivity contribution is -0.146. The number of Topliss-reactive ketones (excluding diaryl/α,β-unsaturated/α-hetero) is 1. The van der Waals surface area contributed by atoms with Crippen molar-refractivity contribution in [1.29, 1.82) is 0 Å². The van der Waals surface area contributed by atoms with Crippen molar-refractivity contribution in [2.24, 2.45) is 5.92 Å². The maximum Gasteiger partial charge on any atom is 0.407 e. The molecule has 1 fully saturated rings. The Morgan fingerprint density at radius 1 is 1.31 bits per heavy atom. The van der Waals surface area contributed by atoms with Crippen LogP contribution in [0.3, 0.4) is 0 Å². The average molecular weight is 381 g/mol. The summed E-state index contributed by atoms with van der Waals surface area (Å²) in [6, 6.07) is 3.65. The Morgan fingerprint density at radius 3 is 2.54 bits per heavy atom. The van der Waals surface area contributed by atoms with Crippen LogP contribution in [0.5, 0.6) is 0 Å². The Bertz CT molecular complexity index is 676. The predicted octanol–water partition coefficient (Wildman–Crippen LogP) is 4.00. The van der Waals surface area contributed by atoms with Crippen LogP contribution in [0.1, 0.15) is 62.8 Å². The van der Waals surface area contributed by atoms with Gasteiger partial charge in [0, 0.05) is 22.2 Å². The number of hydrogen-bond acceptors (Lipinski definition) is 5. The molecule has 144 valence electrons. The Hall–Kier alpha value is -1.89. The van der Waals surface area contributed by atoms with Crippen LogP contribution in [0.15, 0.2) is 12.1 Å². The molecule has 1 N–H and O–H groups in total. The summed E-state index contributed by atoms with van der Waals surface area (Å²) in [5.41, 5.74) is -0.00916. The molecule has 0 spiro atoms. The number of thiophene rings is 1. The van der Waals surface area contributed by atoms with E-state index in [4.69, 9.17) is 4.74 Å². The molecule has 2 heterocycles. The van der Waals surface area contributed by atoms with Gasteiger partial charge in [0.1, 0.15) is 12.2 Å². The first-order valence-corrected chi connectivity index (χ1v) is 9.73. The van der Waals surface area contributed by atoms with Crippen molar-refractivity contribution < 1.29 is 24.2 Å². The van der Waals surface area contributed by atoms with E-state index >= 15 is 0 Å². The number of carboxylic acid groups (broad SMARTS) is 1. The Balaban J connectivity index is 2.18. The molecule has 2 unspecified atom stereocenters. The standard InChI is InChI=1S/C19H27NO5S/c1-5-25-17(22)11-14(21)12-8-9-20(18(23)24)13(10-12)15-6-7-16(26-15)19(2,3)4/h6-7,12-13H,5,8-11H2,1-4H3,(H,23,24). The molecule has 1 aliphatic heterocycles. The smallest absolute Gasteiger partial charge is 0.407 e. The predicted molar refractivity (Wildman–Crippen MR) is 99.5 cm³/mol. The highest BCUT2D eigenvalue weighted by Crippen LogP contribution is 2.40. The summed E-state index contributed by atoms with van der Waals surface area (Å²) in [5, 5.41) is 9.55. The minimum Gasteiger partial charge on any atom is -0.466 e. The van der Waals surface area contributed by atoms with Crippen molar-refractivity contribution in [3.8, 4) is 0 Å². The zero-order chi connectivity index (χ0) is 19.5. The number of esters is 1. The number of carbonyl (C=O) groups is 3. The van der Waals surface area contributed by atoms with Crippen molar-refractivity contribution in [3.63, 3.8) is 0 Å². The summed E-state index contributed by atoms with van der Waals surface area (Å²) in [4.78, 5) is 39.2. The molecule has 0 saturated carbocycles. The van der Waals surface area contributed by atoms with Crippen LogP contribution in [-0.4, -0.2) is 41.0 Å². The fourth-order valence-electron chi connectivity index (χ4n) is 3.19. The summed E-state index contributed by atoms with van der Waals surface area (Å²) >= 11 is 1.60. The van der Waals surface area contributed by atoms with Crippen molar-refractivity contribution in [1.82, 2.24) is 4.90 Å². The lowest BCUT2D eigenvalue weighted by atomic mass is 9.86. The highest BCUT2D eigenvalue weighted by molar-refractivity contribution is 7.12. The van der Waals surface area contributed by atoms with Gasteiger partial charge >= 0.3 is 12.1 Å². The van der Waals surface area contributed by atoms with Gasteiger partial charge in [0.25, 0.3) is 0 Å². The molecule has 26 heavy (non-hydrogen) atoms. The van der Waals surface area contributed by atoms with E-state index < -0.39 is 12.1 Å². The summed E-state index contributed by atoms with van der Waals surface area (Å²) in [6.07, 6.45) is -0.361. The van der Waals surface area contributed by atoms with Crippen LogP contribution >= 0.6 is 11.3 Å². The number of carbonyl (C=O) groups excluding carboxylic acids is 2. The van der Waals surface area contributed by atoms with Crippen LogP contribution in [0.4, 0.5) is 4.79 Å². The highest BCUT2D eigenvalue weighted by atomic mass is 32.1. The number of rotatable bonds is 5. The van der Waals surface area contributed by atoms with Crippen LogP contribution in [0.2, 0.25) is 0 Å². The molecule has 1 aliphatic rings. The third kappa shape index (κ3) is 4.84. The summed E-state index contributed by atoms with van der Waals surface area (Å²) in [6.45, 7) is 8.59. The number of nitrogens with zero attached hydrogens (tertiary/aromatic N) is 1. The fraction of sp³-hybridized carbons (Fsp3) is 0.632. The zero-order valence-electron chi connectivity index (χ0n) is 15.8. The number of amides is 1. The molecule has 0 bridgehead atoms. The molecule has 1 saturated heterocycles. The van der Waals surface area contributed by atoms with E-state index in [0.717, 1.165) is 4.88 Å². The number of ether oxygens (including phenoxy) is 1. The highest BCUT2D eigenvalue weighted by Gasteiger charge is 2.37. The topological polar surface area (TPSA) is 83.9 Å². The molecular weight excluding hydrogens is 354 g/mol. The van der Waals surface area contributed by atoms with E-state index in [1.165, 1.54) is 9.78 Å². The largest absolute Gasteiger partial charge is 0.466 e. The summed E-state index contributed by atoms with van der Waals surface area (Å²) in [7, 11) is 0. The second kappa shape index (κ2) is 8.20. The van der Waals surface area contributed by atoms with Crippen molar-refractivity contribution >= 4 is 29.2 Å². The van der Waals surface area contributed by atoms with E-state index in [1.807, 2.05) is 12.1 Å². The van der Waals surface area contributed by atoms with E-state index in [0.29, 0.717) is 19.4 Å². The first-order valence-electron chi connectivity index (χ1n) is 8.91. The van der Waals surface area contributed by atoms with Gasteiger partial charge in [-0.05, 0) is 37.3 Å². The van der Waals surface area contributed by atoms with Gasteiger partial charge in [0.2, 0.25) is 0 Å². The second-order valence-corrected chi connectivity index (χ2v) is 8.73. The first kappa shape index (κ1) is 20.4. The van der Waals surface area contributed by atoms with Gasteiger partial charge in [0.05, 0.1) is 12.6 Å². The van der Waals surface area contributed by atoms with Gasteiger partial charge in [-0.15, -0.1) is 11.3 Å². The zero-order valence-corrected chi connectivity index (χ0v) is 16.6. The van der Waals surface area contributed by atoms with Gasteiger partial charge in [0.15, 0.2) is 0 Å². The molecule has 7 heteroatoms. The van der Waals surface area contributed by atoms with Crippen molar-refractivity contribution in [2.45, 2.75) is 58.4 Å². The van der Waals surface area contributed by atoms with Gasteiger partial charge in [-0.1, -0.05) is 20.8 Å². The lowest BCUT2D eigenvalue weighted by Gasteiger charge is -2.36. The van der Waals surface area contributed by atoms with Gasteiger partial charge in [-0.2, -0.15) is 0 Å². The third-order valence-electron chi connectivity index (χ3n) is 4.62. The minimum absolute atomic E-state index is 0.00916. The number of hydrogen-bond donors (Lipinski definition) is 1. The Kier molecular flexibility index (Phi) is 6.44. The third-order valence-corrected chi connectivity index (χ3v) is 6.23. The number of ketones is 1. The molecule has 2 atom stereocenters. The first-order chi connectivity index (χ1) is 12.1. The van der Waals surface area contributed by atoms with E-state index in [2.05, 4.69) is 20.8 Å². The van der Waals surface area contributed by atoms with Crippen molar-refractivity contribution in [2.75, 3.05) is 13.2 Å². The molecule has 0 aliphatic carbocycles. The SMILES string of the molecule is CCOC(=O)CC(=O)C1CCN(C(=O)O)C(c2ccc(C(C)(C)C)s2)C1. The van der Waals surface area contributed by atoms with Gasteiger partial charge in [-0.25, -0.2) is 4.79 Å². The van der Waals surface area contributed by atoms with Crippen LogP contribution in [0, 0.1) is 5.92 Å². The molecule has 2 rings (SSSR count). The molecule has 0 radical (unpaired) electrons. The molecular formula is C19H27NO5S. The quantitative estimate of drug-likeness (QED) is 0.616. The summed E-state index contributed by atoms with van der Waals surface area (Å²) < 4.78 is 4.85. The molecule has 6 nitrogen and oxygen atoms in total. The molecule has 1 aromatic rings. The van der Waals surface area contributed by atoms with Crippen molar-refractivity contribution in [3.05, 3.63) is 21.9 Å². The monoisotopic (exact) mass is 381 g/mol. The second-order valence-electron chi connectivity index (χ2n) is 7.61. The average Bonchev–Trinajstić information content (AvgIpc) is 3.04. The Labute approximate surface area is 158 Å². The van der Waals surface area contributed by atoms with Crippen LogP contribution in [-0.2, 0) is 19.7 Å². The normalized spacial score (nSPS) is 20.7. The minimum atomic E-state index is -0.975.